The zero-order valence-corrected chi connectivity index (χ0v) is 12.7. The number of primary amides is 1. The summed E-state index contributed by atoms with van der Waals surface area (Å²) in [5.74, 6) is -1.18. The maximum absolute atomic E-state index is 12.1. The molecule has 0 radical (unpaired) electrons. The number of hydrogen-bond donors (Lipinski definition) is 2. The summed E-state index contributed by atoms with van der Waals surface area (Å²) in [4.78, 5) is 36.4. The van der Waals surface area contributed by atoms with E-state index in [1.807, 2.05) is 13.8 Å². The first-order valence-corrected chi connectivity index (χ1v) is 6.91. The Labute approximate surface area is 129 Å². The number of furan rings is 1. The van der Waals surface area contributed by atoms with E-state index in [-0.39, 0.29) is 18.3 Å². The van der Waals surface area contributed by atoms with Gasteiger partial charge in [-0.3, -0.25) is 19.3 Å². The molecule has 7 nitrogen and oxygen atoms in total. The van der Waals surface area contributed by atoms with Crippen molar-refractivity contribution in [3.05, 3.63) is 31.1 Å². The number of amides is 3. The van der Waals surface area contributed by atoms with Crippen LogP contribution in [0.25, 0.3) is 0 Å². The van der Waals surface area contributed by atoms with E-state index in [1.54, 1.807) is 12.1 Å². The average Bonchev–Trinajstić information content (AvgIpc) is 2.96. The second-order valence-electron chi connectivity index (χ2n) is 5.23. The van der Waals surface area contributed by atoms with Gasteiger partial charge in [0, 0.05) is 6.07 Å². The van der Waals surface area contributed by atoms with Crippen molar-refractivity contribution in [2.24, 2.45) is 11.7 Å². The molecule has 1 atom stereocenters. The topological polar surface area (TPSA) is 106 Å². The SMILES string of the molecule is C=CC(=O)N(CC(=O)NC(CC(C)C)C(N)=O)c1ccco1. The van der Waals surface area contributed by atoms with Crippen LogP contribution in [0.2, 0.25) is 0 Å². The van der Waals surface area contributed by atoms with Crippen molar-refractivity contribution in [1.82, 2.24) is 5.32 Å². The lowest BCUT2D eigenvalue weighted by molar-refractivity contribution is -0.127. The highest BCUT2D eigenvalue weighted by molar-refractivity contribution is 6.04. The molecular formula is C15H21N3O4. The van der Waals surface area contributed by atoms with Gasteiger partial charge in [0.25, 0.3) is 5.91 Å². The highest BCUT2D eigenvalue weighted by Crippen LogP contribution is 2.14. The maximum Gasteiger partial charge on any atom is 0.253 e. The molecule has 1 rings (SSSR count). The summed E-state index contributed by atoms with van der Waals surface area (Å²) in [7, 11) is 0. The molecule has 3 amide bonds. The lowest BCUT2D eigenvalue weighted by atomic mass is 10.0. The van der Waals surface area contributed by atoms with Gasteiger partial charge in [0.1, 0.15) is 12.6 Å². The van der Waals surface area contributed by atoms with E-state index in [1.165, 1.54) is 6.26 Å². The van der Waals surface area contributed by atoms with Gasteiger partial charge in [-0.1, -0.05) is 20.4 Å². The third kappa shape index (κ3) is 5.08. The van der Waals surface area contributed by atoms with Crippen LogP contribution in [0.1, 0.15) is 20.3 Å². The van der Waals surface area contributed by atoms with E-state index >= 15 is 0 Å². The van der Waals surface area contributed by atoms with Crippen LogP contribution in [0.4, 0.5) is 5.88 Å². The Bertz CT molecular complexity index is 537. The number of rotatable bonds is 8. The van der Waals surface area contributed by atoms with Crippen LogP contribution in [0.3, 0.4) is 0 Å². The first kappa shape index (κ1) is 17.5. The highest BCUT2D eigenvalue weighted by Gasteiger charge is 2.23. The van der Waals surface area contributed by atoms with E-state index in [9.17, 15) is 14.4 Å². The summed E-state index contributed by atoms with van der Waals surface area (Å²) < 4.78 is 5.12. The Morgan fingerprint density at radius 3 is 2.59 bits per heavy atom. The second kappa shape index (κ2) is 8.02. The number of carbonyl (C=O) groups is 3. The Kier molecular flexibility index (Phi) is 6.37. The number of nitrogens with one attached hydrogen (secondary N) is 1. The van der Waals surface area contributed by atoms with Crippen molar-refractivity contribution in [1.29, 1.82) is 0 Å². The van der Waals surface area contributed by atoms with Gasteiger partial charge in [-0.15, -0.1) is 0 Å². The van der Waals surface area contributed by atoms with Gasteiger partial charge in [0.2, 0.25) is 17.7 Å². The van der Waals surface area contributed by atoms with Gasteiger partial charge in [0.15, 0.2) is 0 Å². The van der Waals surface area contributed by atoms with E-state index in [0.29, 0.717) is 6.42 Å². The van der Waals surface area contributed by atoms with Crippen LogP contribution >= 0.6 is 0 Å². The van der Waals surface area contributed by atoms with Crippen molar-refractivity contribution in [3.8, 4) is 0 Å². The average molecular weight is 307 g/mol. The molecule has 0 aliphatic rings. The molecule has 1 heterocycles. The molecule has 0 saturated heterocycles. The molecule has 0 spiro atoms. The van der Waals surface area contributed by atoms with Crippen LogP contribution in [-0.4, -0.2) is 30.3 Å². The summed E-state index contributed by atoms with van der Waals surface area (Å²) >= 11 is 0. The minimum atomic E-state index is -0.773. The van der Waals surface area contributed by atoms with Gasteiger partial charge in [-0.2, -0.15) is 0 Å². The Morgan fingerprint density at radius 2 is 2.14 bits per heavy atom. The van der Waals surface area contributed by atoms with Gasteiger partial charge in [-0.25, -0.2) is 0 Å². The monoisotopic (exact) mass is 307 g/mol. The molecule has 1 aromatic rings. The third-order valence-corrected chi connectivity index (χ3v) is 2.90. The summed E-state index contributed by atoms with van der Waals surface area (Å²) in [6.07, 6.45) is 2.90. The first-order valence-electron chi connectivity index (χ1n) is 6.91. The number of hydrogen-bond acceptors (Lipinski definition) is 4. The fourth-order valence-electron chi connectivity index (χ4n) is 1.90. The van der Waals surface area contributed by atoms with E-state index < -0.39 is 23.8 Å². The molecule has 7 heteroatoms. The first-order chi connectivity index (χ1) is 10.3. The van der Waals surface area contributed by atoms with Crippen molar-refractivity contribution >= 4 is 23.6 Å². The van der Waals surface area contributed by atoms with Crippen LogP contribution < -0.4 is 16.0 Å². The van der Waals surface area contributed by atoms with E-state index in [2.05, 4.69) is 11.9 Å². The van der Waals surface area contributed by atoms with Crippen molar-refractivity contribution < 1.29 is 18.8 Å². The molecule has 0 fully saturated rings. The minimum absolute atomic E-state index is 0.189. The lowest BCUT2D eigenvalue weighted by Gasteiger charge is -2.21. The van der Waals surface area contributed by atoms with E-state index in [4.69, 9.17) is 10.2 Å². The predicted octanol–water partition coefficient (Wildman–Crippen LogP) is 0.815. The number of nitrogens with two attached hydrogens (primary N) is 1. The molecule has 120 valence electrons. The number of nitrogens with zero attached hydrogens (tertiary/aromatic N) is 1. The summed E-state index contributed by atoms with van der Waals surface area (Å²) in [6.45, 7) is 6.93. The van der Waals surface area contributed by atoms with Crippen LogP contribution in [-0.2, 0) is 14.4 Å². The van der Waals surface area contributed by atoms with E-state index in [0.717, 1.165) is 11.0 Å². The quantitative estimate of drug-likeness (QED) is 0.693. The molecule has 0 aliphatic heterocycles. The predicted molar refractivity (Wildman–Crippen MR) is 81.8 cm³/mol. The normalized spacial score (nSPS) is 11.8. The molecule has 0 bridgehead atoms. The van der Waals surface area contributed by atoms with Crippen LogP contribution in [0.5, 0.6) is 0 Å². The Morgan fingerprint density at radius 1 is 1.45 bits per heavy atom. The summed E-state index contributed by atoms with van der Waals surface area (Å²) in [5, 5.41) is 2.54. The molecule has 3 N–H and O–H groups in total. The molecule has 1 unspecified atom stereocenters. The standard InChI is InChI=1S/C15H21N3O4/c1-4-13(20)18(14-6-5-7-22-14)9-12(19)17-11(15(16)21)8-10(2)3/h4-7,10-11H,1,8-9H2,2-3H3,(H2,16,21)(H,17,19). The largest absolute Gasteiger partial charge is 0.448 e. The summed E-state index contributed by atoms with van der Waals surface area (Å²) in [6, 6.07) is 2.38. The minimum Gasteiger partial charge on any atom is -0.448 e. The zero-order chi connectivity index (χ0) is 16.7. The molecule has 1 aromatic heterocycles. The molecule has 0 saturated carbocycles. The smallest absolute Gasteiger partial charge is 0.253 e. The highest BCUT2D eigenvalue weighted by atomic mass is 16.3. The van der Waals surface area contributed by atoms with Crippen molar-refractivity contribution in [2.75, 3.05) is 11.4 Å². The maximum atomic E-state index is 12.1. The molecule has 0 aromatic carbocycles. The van der Waals surface area contributed by atoms with Crippen molar-refractivity contribution in [3.63, 3.8) is 0 Å². The Hall–Kier alpha value is -2.57. The fourth-order valence-corrected chi connectivity index (χ4v) is 1.90. The van der Waals surface area contributed by atoms with Gasteiger partial charge >= 0.3 is 0 Å². The second-order valence-corrected chi connectivity index (χ2v) is 5.23. The zero-order valence-electron chi connectivity index (χ0n) is 12.7. The number of carbonyl (C=O) groups excluding carboxylic acids is 3. The lowest BCUT2D eigenvalue weighted by Crippen LogP contribution is -2.49. The van der Waals surface area contributed by atoms with Crippen LogP contribution in [0, 0.1) is 5.92 Å². The molecule has 22 heavy (non-hydrogen) atoms. The third-order valence-electron chi connectivity index (χ3n) is 2.90. The fraction of sp³-hybridized carbons (Fsp3) is 0.400. The summed E-state index contributed by atoms with van der Waals surface area (Å²) in [5.41, 5.74) is 5.28. The van der Waals surface area contributed by atoms with Crippen LogP contribution in [0.15, 0.2) is 35.5 Å². The molecule has 0 aliphatic carbocycles. The molecular weight excluding hydrogens is 286 g/mol. The van der Waals surface area contributed by atoms with Crippen molar-refractivity contribution in [2.45, 2.75) is 26.3 Å². The number of anilines is 1. The van der Waals surface area contributed by atoms with Gasteiger partial charge in [-0.05, 0) is 24.5 Å². The van der Waals surface area contributed by atoms with Gasteiger partial charge in [0.05, 0.1) is 6.26 Å². The Balaban J connectivity index is 2.76. The van der Waals surface area contributed by atoms with Gasteiger partial charge < -0.3 is 15.5 Å².